The van der Waals surface area contributed by atoms with Crippen molar-refractivity contribution in [2.45, 2.75) is 0 Å². The minimum Gasteiger partial charge on any atom is -0.268 e. The molecule has 4 rings (SSSR count). The molecule has 0 unspecified atom stereocenters. The van der Waals surface area contributed by atoms with Crippen LogP contribution in [0.1, 0.15) is 5.56 Å². The molecule has 0 bridgehead atoms. The van der Waals surface area contributed by atoms with E-state index in [1.807, 2.05) is 0 Å². The number of hydrogen-bond donors (Lipinski definition) is 0. The molecule has 1 heterocycles. The summed E-state index contributed by atoms with van der Waals surface area (Å²) in [7, 11) is 0. The number of anilines is 1. The Morgan fingerprint density at radius 3 is 2.26 bits per heavy atom. The highest BCUT2D eigenvalue weighted by atomic mass is 35.5. The highest BCUT2D eigenvalue weighted by Crippen LogP contribution is 2.38. The molecule has 0 saturated carbocycles. The van der Waals surface area contributed by atoms with Gasteiger partial charge in [0.25, 0.3) is 11.6 Å². The van der Waals surface area contributed by atoms with Crippen LogP contribution in [-0.4, -0.2) is 16.0 Å². The molecule has 1 fully saturated rings. The topological polar surface area (TPSA) is 75.8 Å². The Bertz CT molecular complexity index is 1230. The number of rotatable bonds is 4. The Hall–Kier alpha value is -3.13. The maximum atomic E-state index is 13.2. The third kappa shape index (κ3) is 4.80. The summed E-state index contributed by atoms with van der Waals surface area (Å²) in [6.45, 7) is 0. The van der Waals surface area contributed by atoms with Gasteiger partial charge < -0.3 is 0 Å². The molecule has 31 heavy (non-hydrogen) atoms. The largest absolute Gasteiger partial charge is 0.271 e. The van der Waals surface area contributed by atoms with E-state index in [0.29, 0.717) is 37.1 Å². The summed E-state index contributed by atoms with van der Waals surface area (Å²) in [5, 5.41) is 12.6. The maximum absolute atomic E-state index is 13.2. The molecular weight excluding hydrogens is 457 g/mol. The molecule has 1 aliphatic rings. The Morgan fingerprint density at radius 2 is 1.61 bits per heavy atom. The van der Waals surface area contributed by atoms with E-state index >= 15 is 0 Å². The van der Waals surface area contributed by atoms with Gasteiger partial charge in [0.15, 0.2) is 5.17 Å². The summed E-state index contributed by atoms with van der Waals surface area (Å²) >= 11 is 13.1. The summed E-state index contributed by atoms with van der Waals surface area (Å²) in [5.74, 6) is -0.286. The van der Waals surface area contributed by atoms with Gasteiger partial charge in [0, 0.05) is 22.2 Å². The molecule has 0 radical (unpaired) electrons. The molecule has 0 N–H and O–H groups in total. The van der Waals surface area contributed by atoms with Crippen LogP contribution in [0.2, 0.25) is 10.0 Å². The van der Waals surface area contributed by atoms with E-state index in [9.17, 15) is 14.9 Å². The lowest BCUT2D eigenvalue weighted by Crippen LogP contribution is -2.28. The second kappa shape index (κ2) is 8.93. The van der Waals surface area contributed by atoms with Gasteiger partial charge in [-0.2, -0.15) is 0 Å². The molecule has 3 aromatic carbocycles. The molecule has 6 nitrogen and oxygen atoms in total. The molecule has 1 saturated heterocycles. The summed E-state index contributed by atoms with van der Waals surface area (Å²) < 4.78 is 0. The van der Waals surface area contributed by atoms with Crippen molar-refractivity contribution in [3.8, 4) is 0 Å². The van der Waals surface area contributed by atoms with Crippen LogP contribution in [0.15, 0.2) is 82.7 Å². The lowest BCUT2D eigenvalue weighted by Gasteiger charge is -2.15. The first kappa shape index (κ1) is 21.1. The Labute approximate surface area is 192 Å². The second-order valence-corrected chi connectivity index (χ2v) is 8.33. The first-order valence-electron chi connectivity index (χ1n) is 8.99. The maximum Gasteiger partial charge on any atom is 0.271 e. The number of nitro groups is 1. The van der Waals surface area contributed by atoms with Gasteiger partial charge >= 0.3 is 0 Å². The molecule has 1 aliphatic heterocycles. The van der Waals surface area contributed by atoms with E-state index in [1.165, 1.54) is 28.8 Å². The minimum atomic E-state index is -0.473. The van der Waals surface area contributed by atoms with Crippen molar-refractivity contribution in [2.24, 2.45) is 4.99 Å². The number of benzene rings is 3. The van der Waals surface area contributed by atoms with Crippen molar-refractivity contribution in [1.29, 1.82) is 0 Å². The zero-order valence-electron chi connectivity index (χ0n) is 15.7. The van der Waals surface area contributed by atoms with Gasteiger partial charge in [-0.1, -0.05) is 35.3 Å². The fraction of sp³-hybridized carbons (Fsp3) is 0. The van der Waals surface area contributed by atoms with Gasteiger partial charge in [0.2, 0.25) is 0 Å². The molecule has 0 atom stereocenters. The third-order valence-electron chi connectivity index (χ3n) is 4.32. The lowest BCUT2D eigenvalue weighted by atomic mass is 10.2. The van der Waals surface area contributed by atoms with Crippen molar-refractivity contribution in [3.63, 3.8) is 0 Å². The molecule has 0 aromatic heterocycles. The summed E-state index contributed by atoms with van der Waals surface area (Å²) in [5.41, 5.74) is 1.75. The van der Waals surface area contributed by atoms with E-state index in [-0.39, 0.29) is 11.6 Å². The van der Waals surface area contributed by atoms with Crippen LogP contribution >= 0.6 is 35.0 Å². The Balaban J connectivity index is 1.76. The lowest BCUT2D eigenvalue weighted by molar-refractivity contribution is -0.384. The van der Waals surface area contributed by atoms with E-state index in [1.54, 1.807) is 66.7 Å². The van der Waals surface area contributed by atoms with Crippen molar-refractivity contribution in [3.05, 3.63) is 103 Å². The van der Waals surface area contributed by atoms with E-state index < -0.39 is 4.92 Å². The predicted molar refractivity (Wildman–Crippen MR) is 126 cm³/mol. The summed E-state index contributed by atoms with van der Waals surface area (Å²) in [6, 6.07) is 19.9. The van der Waals surface area contributed by atoms with Gasteiger partial charge in [-0.15, -0.1) is 0 Å². The highest BCUT2D eigenvalue weighted by Gasteiger charge is 2.34. The van der Waals surface area contributed by atoms with Crippen LogP contribution in [0.25, 0.3) is 6.08 Å². The van der Waals surface area contributed by atoms with Crippen LogP contribution in [0.3, 0.4) is 0 Å². The van der Waals surface area contributed by atoms with E-state index in [4.69, 9.17) is 23.2 Å². The molecular formula is C22H13Cl2N3O3S. The molecule has 0 aliphatic carbocycles. The Kier molecular flexibility index (Phi) is 6.08. The normalized spacial score (nSPS) is 16.3. The number of halogens is 2. The van der Waals surface area contributed by atoms with Crippen LogP contribution in [-0.2, 0) is 4.79 Å². The van der Waals surface area contributed by atoms with Crippen LogP contribution in [0.5, 0.6) is 0 Å². The van der Waals surface area contributed by atoms with Crippen molar-refractivity contribution in [2.75, 3.05) is 4.90 Å². The van der Waals surface area contributed by atoms with E-state index in [2.05, 4.69) is 4.99 Å². The monoisotopic (exact) mass is 469 g/mol. The zero-order valence-corrected chi connectivity index (χ0v) is 18.1. The number of nitro benzene ring substituents is 1. The first-order chi connectivity index (χ1) is 14.9. The number of hydrogen-bond acceptors (Lipinski definition) is 5. The second-order valence-electron chi connectivity index (χ2n) is 6.45. The summed E-state index contributed by atoms with van der Waals surface area (Å²) in [6.07, 6.45) is 1.62. The third-order valence-corrected chi connectivity index (χ3v) is 5.79. The highest BCUT2D eigenvalue weighted by molar-refractivity contribution is 8.19. The molecule has 3 aromatic rings. The number of amidine groups is 1. The van der Waals surface area contributed by atoms with Crippen LogP contribution in [0.4, 0.5) is 17.1 Å². The molecule has 9 heteroatoms. The Morgan fingerprint density at radius 1 is 0.968 bits per heavy atom. The number of amides is 1. The zero-order chi connectivity index (χ0) is 22.0. The van der Waals surface area contributed by atoms with Gasteiger partial charge in [-0.05, 0) is 71.9 Å². The SMILES string of the molecule is O=C1/C(=C/c2cccc([N+](=O)[O-])c2)SC(=Nc2ccc(Cl)cc2)N1c1ccc(Cl)cc1. The smallest absolute Gasteiger partial charge is 0.268 e. The number of carbonyl (C=O) groups is 1. The molecule has 0 spiro atoms. The van der Waals surface area contributed by atoms with Gasteiger partial charge in [-0.3, -0.25) is 19.8 Å². The van der Waals surface area contributed by atoms with Crippen LogP contribution in [0, 0.1) is 10.1 Å². The van der Waals surface area contributed by atoms with Crippen molar-refractivity contribution < 1.29 is 9.72 Å². The minimum absolute atomic E-state index is 0.0468. The van der Waals surface area contributed by atoms with Crippen LogP contribution < -0.4 is 4.90 Å². The predicted octanol–water partition coefficient (Wildman–Crippen LogP) is 6.71. The fourth-order valence-corrected chi connectivity index (χ4v) is 4.13. The van der Waals surface area contributed by atoms with Gasteiger partial charge in [-0.25, -0.2) is 4.99 Å². The number of non-ortho nitro benzene ring substituents is 1. The van der Waals surface area contributed by atoms with Crippen molar-refractivity contribution in [1.82, 2.24) is 0 Å². The van der Waals surface area contributed by atoms with Gasteiger partial charge in [0.1, 0.15) is 0 Å². The first-order valence-corrected chi connectivity index (χ1v) is 10.6. The number of thioether (sulfide) groups is 1. The quantitative estimate of drug-likeness (QED) is 0.241. The van der Waals surface area contributed by atoms with E-state index in [0.717, 1.165) is 0 Å². The average Bonchev–Trinajstić information content (AvgIpc) is 3.05. The number of carbonyl (C=O) groups excluding carboxylic acids is 1. The van der Waals surface area contributed by atoms with Gasteiger partial charge in [0.05, 0.1) is 21.2 Å². The average molecular weight is 470 g/mol. The standard InChI is InChI=1S/C22H13Cl2N3O3S/c23-15-4-8-17(9-5-15)25-22-26(18-10-6-16(24)7-11-18)21(28)20(31-22)13-14-2-1-3-19(12-14)27(29)30/h1-13H/b20-13-,25-22?. The number of nitrogens with zero attached hydrogens (tertiary/aromatic N) is 3. The fourth-order valence-electron chi connectivity index (χ4n) is 2.87. The van der Waals surface area contributed by atoms with Crippen molar-refractivity contribution >= 4 is 69.2 Å². The summed E-state index contributed by atoms with van der Waals surface area (Å²) in [4.78, 5) is 30.3. The number of aliphatic imine (C=N–C) groups is 1. The molecule has 154 valence electrons. The molecule has 1 amide bonds.